The van der Waals surface area contributed by atoms with Crippen molar-refractivity contribution in [3.05, 3.63) is 24.0 Å². The summed E-state index contributed by atoms with van der Waals surface area (Å²) < 4.78 is 19.1. The van der Waals surface area contributed by atoms with Gasteiger partial charge in [0.25, 0.3) is 0 Å². The van der Waals surface area contributed by atoms with Crippen LogP contribution in [0, 0.1) is 5.82 Å². The van der Waals surface area contributed by atoms with Crippen LogP contribution in [0.3, 0.4) is 0 Å². The summed E-state index contributed by atoms with van der Waals surface area (Å²) in [6, 6.07) is 4.25. The largest absolute Gasteiger partial charge is 0.499 e. The molecule has 0 bridgehead atoms. The van der Waals surface area contributed by atoms with Crippen LogP contribution < -0.4 is 4.74 Å². The lowest BCUT2D eigenvalue weighted by Gasteiger charge is -2.03. The third kappa shape index (κ3) is 1.53. The first-order valence-electron chi connectivity index (χ1n) is 4.25. The molecule has 1 N–H and O–H groups in total. The predicted molar refractivity (Wildman–Crippen MR) is 54.6 cm³/mol. The third-order valence-corrected chi connectivity index (χ3v) is 2.80. The molecule has 0 unspecified atom stereocenters. The molecule has 0 aliphatic heterocycles. The summed E-state index contributed by atoms with van der Waals surface area (Å²) in [5.74, 6) is 0.145. The Labute approximate surface area is 84.6 Å². The van der Waals surface area contributed by atoms with Crippen molar-refractivity contribution in [1.29, 1.82) is 0 Å². The van der Waals surface area contributed by atoms with Gasteiger partial charge in [0.2, 0.25) is 0 Å². The van der Waals surface area contributed by atoms with E-state index in [2.05, 4.69) is 0 Å². The Kier molecular flexibility index (Phi) is 2.29. The fourth-order valence-electron chi connectivity index (χ4n) is 1.34. The van der Waals surface area contributed by atoms with E-state index < -0.39 is 0 Å². The summed E-state index contributed by atoms with van der Waals surface area (Å²) in [6.07, 6.45) is 0. The highest BCUT2D eigenvalue weighted by atomic mass is 32.1. The van der Waals surface area contributed by atoms with Gasteiger partial charge in [-0.25, -0.2) is 4.39 Å². The van der Waals surface area contributed by atoms with Gasteiger partial charge in [0.1, 0.15) is 11.6 Å². The number of hydrogen-bond donors (Lipinski definition) is 1. The first kappa shape index (κ1) is 9.27. The quantitative estimate of drug-likeness (QED) is 0.828. The first-order valence-corrected chi connectivity index (χ1v) is 5.07. The van der Waals surface area contributed by atoms with Crippen molar-refractivity contribution in [3.8, 4) is 10.8 Å². The van der Waals surface area contributed by atoms with Crippen LogP contribution in [0.25, 0.3) is 10.1 Å². The number of ether oxygens (including phenoxy) is 1. The molecule has 74 valence electrons. The van der Waals surface area contributed by atoms with E-state index in [0.29, 0.717) is 17.7 Å². The van der Waals surface area contributed by atoms with Gasteiger partial charge in [0.15, 0.2) is 5.06 Å². The molecule has 2 nitrogen and oxygen atoms in total. The number of fused-ring (bicyclic) bond motifs is 1. The molecule has 4 heteroatoms. The average Bonchev–Trinajstić information content (AvgIpc) is 2.45. The van der Waals surface area contributed by atoms with E-state index in [1.54, 1.807) is 0 Å². The fourth-order valence-corrected chi connectivity index (χ4v) is 2.18. The zero-order chi connectivity index (χ0) is 10.1. The lowest BCUT2D eigenvalue weighted by molar-refractivity contribution is 0.343. The van der Waals surface area contributed by atoms with Crippen LogP contribution in [0.15, 0.2) is 18.2 Å². The van der Waals surface area contributed by atoms with Gasteiger partial charge in [-0.3, -0.25) is 0 Å². The number of hydrogen-bond acceptors (Lipinski definition) is 3. The molecule has 0 saturated carbocycles. The summed E-state index contributed by atoms with van der Waals surface area (Å²) in [5.41, 5.74) is 0. The molecule has 0 fully saturated rings. The van der Waals surface area contributed by atoms with Crippen LogP contribution in [-0.4, -0.2) is 11.7 Å². The Hall–Kier alpha value is -1.29. The average molecular weight is 212 g/mol. The van der Waals surface area contributed by atoms with Crippen molar-refractivity contribution in [2.24, 2.45) is 0 Å². The van der Waals surface area contributed by atoms with Gasteiger partial charge in [-0.05, 0) is 19.1 Å². The van der Waals surface area contributed by atoms with Crippen LogP contribution in [0.4, 0.5) is 4.39 Å². The van der Waals surface area contributed by atoms with E-state index in [0.717, 1.165) is 4.70 Å². The topological polar surface area (TPSA) is 29.5 Å². The van der Waals surface area contributed by atoms with E-state index >= 15 is 0 Å². The molecule has 0 amide bonds. The minimum absolute atomic E-state index is 0.173. The lowest BCUT2D eigenvalue weighted by atomic mass is 10.2. The molecule has 1 heterocycles. The number of benzene rings is 1. The molecular formula is C10H9FO2S. The van der Waals surface area contributed by atoms with Gasteiger partial charge in [-0.1, -0.05) is 11.3 Å². The number of thiophene rings is 1. The van der Waals surface area contributed by atoms with E-state index in [1.807, 2.05) is 6.92 Å². The standard InChI is InChI=1S/C10H9FO2S/c1-2-13-8-5-7(11)3-6-4-9(12)14-10(6)8/h3-5,12H,2H2,1H3. The summed E-state index contributed by atoms with van der Waals surface area (Å²) in [7, 11) is 0. The Balaban J connectivity index is 2.66. The predicted octanol–water partition coefficient (Wildman–Crippen LogP) is 3.14. The normalized spacial score (nSPS) is 10.7. The maximum absolute atomic E-state index is 13.1. The van der Waals surface area contributed by atoms with Gasteiger partial charge in [0, 0.05) is 11.5 Å². The molecule has 2 rings (SSSR count). The Morgan fingerprint density at radius 2 is 2.21 bits per heavy atom. The molecule has 0 aliphatic rings. The van der Waals surface area contributed by atoms with Gasteiger partial charge in [-0.2, -0.15) is 0 Å². The smallest absolute Gasteiger partial charge is 0.172 e. The van der Waals surface area contributed by atoms with Crippen molar-refractivity contribution in [3.63, 3.8) is 0 Å². The van der Waals surface area contributed by atoms with Gasteiger partial charge in [0.05, 0.1) is 11.3 Å². The molecule has 0 radical (unpaired) electrons. The molecule has 0 spiro atoms. The summed E-state index contributed by atoms with van der Waals surface area (Å²) >= 11 is 1.19. The van der Waals surface area contributed by atoms with Gasteiger partial charge >= 0.3 is 0 Å². The minimum Gasteiger partial charge on any atom is -0.499 e. The molecule has 14 heavy (non-hydrogen) atoms. The highest BCUT2D eigenvalue weighted by molar-refractivity contribution is 7.21. The van der Waals surface area contributed by atoms with Crippen LogP contribution >= 0.6 is 11.3 Å². The second kappa shape index (κ2) is 3.46. The van der Waals surface area contributed by atoms with Crippen LogP contribution in [0.5, 0.6) is 10.8 Å². The number of halogens is 1. The zero-order valence-electron chi connectivity index (χ0n) is 7.58. The van der Waals surface area contributed by atoms with Crippen molar-refractivity contribution in [2.45, 2.75) is 6.92 Å². The van der Waals surface area contributed by atoms with Gasteiger partial charge < -0.3 is 9.84 Å². The highest BCUT2D eigenvalue weighted by Crippen LogP contribution is 2.37. The lowest BCUT2D eigenvalue weighted by Crippen LogP contribution is -1.91. The van der Waals surface area contributed by atoms with E-state index in [1.165, 1.54) is 29.5 Å². The van der Waals surface area contributed by atoms with E-state index in [4.69, 9.17) is 4.74 Å². The molecule has 0 atom stereocenters. The van der Waals surface area contributed by atoms with Crippen molar-refractivity contribution in [1.82, 2.24) is 0 Å². The Morgan fingerprint density at radius 1 is 1.43 bits per heavy atom. The first-order chi connectivity index (χ1) is 6.70. The molecule has 1 aromatic heterocycles. The Morgan fingerprint density at radius 3 is 2.93 bits per heavy atom. The number of rotatable bonds is 2. The van der Waals surface area contributed by atoms with Crippen molar-refractivity contribution < 1.29 is 14.2 Å². The maximum atomic E-state index is 13.1. The summed E-state index contributed by atoms with van der Waals surface area (Å²) in [6.45, 7) is 2.32. The van der Waals surface area contributed by atoms with Crippen LogP contribution in [-0.2, 0) is 0 Å². The van der Waals surface area contributed by atoms with Crippen LogP contribution in [0.2, 0.25) is 0 Å². The SMILES string of the molecule is CCOc1cc(F)cc2cc(O)sc12. The monoisotopic (exact) mass is 212 g/mol. The van der Waals surface area contributed by atoms with E-state index in [9.17, 15) is 9.50 Å². The maximum Gasteiger partial charge on any atom is 0.172 e. The number of aromatic hydroxyl groups is 1. The van der Waals surface area contributed by atoms with Crippen LogP contribution in [0.1, 0.15) is 6.92 Å². The van der Waals surface area contributed by atoms with E-state index in [-0.39, 0.29) is 10.9 Å². The van der Waals surface area contributed by atoms with Gasteiger partial charge in [-0.15, -0.1) is 0 Å². The molecule has 1 aromatic carbocycles. The zero-order valence-corrected chi connectivity index (χ0v) is 8.40. The fraction of sp³-hybridized carbons (Fsp3) is 0.200. The molecule has 2 aromatic rings. The second-order valence-corrected chi connectivity index (χ2v) is 3.87. The Bertz CT molecular complexity index is 464. The summed E-state index contributed by atoms with van der Waals surface area (Å²) in [4.78, 5) is 0. The minimum atomic E-state index is -0.348. The third-order valence-electron chi connectivity index (χ3n) is 1.83. The molecular weight excluding hydrogens is 203 g/mol. The van der Waals surface area contributed by atoms with Crippen molar-refractivity contribution in [2.75, 3.05) is 6.61 Å². The highest BCUT2D eigenvalue weighted by Gasteiger charge is 2.08. The second-order valence-electron chi connectivity index (χ2n) is 2.84. The summed E-state index contributed by atoms with van der Waals surface area (Å²) in [5, 5.41) is 10.1. The molecule has 0 saturated heterocycles. The van der Waals surface area contributed by atoms with Crippen molar-refractivity contribution >= 4 is 21.4 Å². The molecule has 0 aliphatic carbocycles.